The van der Waals surface area contributed by atoms with Gasteiger partial charge in [-0.15, -0.1) is 11.3 Å². The van der Waals surface area contributed by atoms with E-state index in [9.17, 15) is 4.39 Å². The lowest BCUT2D eigenvalue weighted by Crippen LogP contribution is -2.17. The summed E-state index contributed by atoms with van der Waals surface area (Å²) in [6.07, 6.45) is 0.870. The molecule has 0 fully saturated rings. The molecule has 1 heterocycles. The molecule has 0 aliphatic rings. The lowest BCUT2D eigenvalue weighted by Gasteiger charge is -2.06. The molecule has 98 valence electrons. The quantitative estimate of drug-likeness (QED) is 0.853. The monoisotopic (exact) mass is 294 g/mol. The number of nitrogens with one attached hydrogen (secondary N) is 1. The molecular weight excluding hydrogens is 283 g/mol. The summed E-state index contributed by atoms with van der Waals surface area (Å²) < 4.78 is 13.9. The molecule has 0 aliphatic carbocycles. The minimum Gasteiger partial charge on any atom is -0.312 e. The zero-order valence-electron chi connectivity index (χ0n) is 10.1. The number of benzene rings is 1. The van der Waals surface area contributed by atoms with Crippen LogP contribution >= 0.6 is 22.9 Å². The molecule has 2 aromatic rings. The normalized spacial score (nSPS) is 10.4. The maximum atomic E-state index is 13.1. The fraction of sp³-hybridized carbons (Fsp3) is 0.214. The first kappa shape index (κ1) is 14.0. The lowest BCUT2D eigenvalue weighted by molar-refractivity contribution is 0.620. The Morgan fingerprint density at radius 2 is 2.16 bits per heavy atom. The molecule has 0 atom stereocenters. The SMILES string of the molecule is N#Cc1ccc(F)cc1CNCCc1ccc(Cl)s1. The number of nitriles is 1. The van der Waals surface area contributed by atoms with E-state index in [4.69, 9.17) is 16.9 Å². The standard InChI is InChI=1S/C14H12ClFN2S/c15-14-4-3-13(19-14)5-6-18-9-11-7-12(16)2-1-10(11)8-17/h1-4,7,18H,5-6,9H2. The van der Waals surface area contributed by atoms with E-state index in [1.807, 2.05) is 12.1 Å². The Kier molecular flexibility index (Phi) is 4.92. The molecular formula is C14H12ClFN2S. The summed E-state index contributed by atoms with van der Waals surface area (Å²) in [5.74, 6) is -0.319. The topological polar surface area (TPSA) is 35.8 Å². The van der Waals surface area contributed by atoms with E-state index in [-0.39, 0.29) is 5.82 Å². The molecule has 1 aromatic carbocycles. The molecule has 0 bridgehead atoms. The average Bonchev–Trinajstić information content (AvgIpc) is 2.81. The van der Waals surface area contributed by atoms with Gasteiger partial charge < -0.3 is 5.32 Å². The Morgan fingerprint density at radius 1 is 1.32 bits per heavy atom. The van der Waals surface area contributed by atoms with Crippen LogP contribution in [0.1, 0.15) is 16.0 Å². The van der Waals surface area contributed by atoms with Crippen molar-refractivity contribution >= 4 is 22.9 Å². The highest BCUT2D eigenvalue weighted by molar-refractivity contribution is 7.16. The van der Waals surface area contributed by atoms with E-state index in [0.717, 1.165) is 17.3 Å². The lowest BCUT2D eigenvalue weighted by atomic mass is 10.1. The summed E-state index contributed by atoms with van der Waals surface area (Å²) >= 11 is 7.40. The zero-order chi connectivity index (χ0) is 13.7. The van der Waals surface area contributed by atoms with Crippen molar-refractivity contribution in [2.24, 2.45) is 0 Å². The third-order valence-electron chi connectivity index (χ3n) is 2.68. The van der Waals surface area contributed by atoms with Crippen molar-refractivity contribution < 1.29 is 4.39 Å². The van der Waals surface area contributed by atoms with Crippen molar-refractivity contribution in [1.29, 1.82) is 5.26 Å². The van der Waals surface area contributed by atoms with Crippen molar-refractivity contribution in [3.05, 3.63) is 56.5 Å². The molecule has 0 radical (unpaired) electrons. The first-order chi connectivity index (χ1) is 9.19. The largest absolute Gasteiger partial charge is 0.312 e. The van der Waals surface area contributed by atoms with Crippen molar-refractivity contribution in [3.8, 4) is 6.07 Å². The molecule has 1 aromatic heterocycles. The van der Waals surface area contributed by atoms with E-state index in [0.29, 0.717) is 17.7 Å². The van der Waals surface area contributed by atoms with Gasteiger partial charge >= 0.3 is 0 Å². The molecule has 19 heavy (non-hydrogen) atoms. The Balaban J connectivity index is 1.86. The molecule has 0 saturated heterocycles. The second-order valence-electron chi connectivity index (χ2n) is 4.05. The maximum absolute atomic E-state index is 13.1. The number of rotatable bonds is 5. The van der Waals surface area contributed by atoms with Crippen LogP contribution in [-0.4, -0.2) is 6.54 Å². The van der Waals surface area contributed by atoms with Gasteiger partial charge in [-0.05, 0) is 42.3 Å². The highest BCUT2D eigenvalue weighted by Crippen LogP contribution is 2.21. The third-order valence-corrected chi connectivity index (χ3v) is 3.97. The Labute approximate surface area is 120 Å². The number of nitrogens with zero attached hydrogens (tertiary/aromatic N) is 1. The van der Waals surface area contributed by atoms with E-state index in [2.05, 4.69) is 11.4 Å². The predicted octanol–water partition coefficient (Wildman–Crippen LogP) is 3.74. The van der Waals surface area contributed by atoms with Crippen LogP contribution in [-0.2, 0) is 13.0 Å². The highest BCUT2D eigenvalue weighted by Gasteiger charge is 2.03. The molecule has 0 unspecified atom stereocenters. The van der Waals surface area contributed by atoms with Crippen LogP contribution in [0, 0.1) is 17.1 Å². The molecule has 0 aliphatic heterocycles. The van der Waals surface area contributed by atoms with Gasteiger partial charge in [0.15, 0.2) is 0 Å². The van der Waals surface area contributed by atoms with Crippen molar-refractivity contribution in [2.75, 3.05) is 6.54 Å². The minimum absolute atomic E-state index is 0.319. The summed E-state index contributed by atoms with van der Waals surface area (Å²) in [6, 6.07) is 10.1. The number of hydrogen-bond donors (Lipinski definition) is 1. The van der Waals surface area contributed by atoms with Crippen LogP contribution in [0.5, 0.6) is 0 Å². The minimum atomic E-state index is -0.319. The fourth-order valence-corrected chi connectivity index (χ4v) is 2.83. The van der Waals surface area contributed by atoms with Gasteiger partial charge in [0.1, 0.15) is 5.82 Å². The van der Waals surface area contributed by atoms with Crippen LogP contribution in [0.4, 0.5) is 4.39 Å². The van der Waals surface area contributed by atoms with Gasteiger partial charge in [0, 0.05) is 18.0 Å². The second-order valence-corrected chi connectivity index (χ2v) is 5.85. The van der Waals surface area contributed by atoms with Gasteiger partial charge in [-0.2, -0.15) is 5.26 Å². The molecule has 1 N–H and O–H groups in total. The molecule has 5 heteroatoms. The first-order valence-electron chi connectivity index (χ1n) is 5.82. The van der Waals surface area contributed by atoms with Crippen LogP contribution in [0.3, 0.4) is 0 Å². The van der Waals surface area contributed by atoms with Gasteiger partial charge in [0.25, 0.3) is 0 Å². The second kappa shape index (κ2) is 6.67. The van der Waals surface area contributed by atoms with Crippen LogP contribution in [0.2, 0.25) is 4.34 Å². The van der Waals surface area contributed by atoms with Gasteiger partial charge in [0.2, 0.25) is 0 Å². The van der Waals surface area contributed by atoms with Crippen molar-refractivity contribution in [1.82, 2.24) is 5.32 Å². The molecule has 0 amide bonds. The Hall–Kier alpha value is -1.41. The fourth-order valence-electron chi connectivity index (χ4n) is 1.74. The molecule has 0 saturated carbocycles. The summed E-state index contributed by atoms with van der Waals surface area (Å²) in [5, 5.41) is 12.1. The Morgan fingerprint density at radius 3 is 2.84 bits per heavy atom. The van der Waals surface area contributed by atoms with Gasteiger partial charge in [-0.1, -0.05) is 11.6 Å². The molecule has 2 rings (SSSR count). The van der Waals surface area contributed by atoms with E-state index >= 15 is 0 Å². The average molecular weight is 295 g/mol. The summed E-state index contributed by atoms with van der Waals surface area (Å²) in [7, 11) is 0. The number of hydrogen-bond acceptors (Lipinski definition) is 3. The van der Waals surface area contributed by atoms with Gasteiger partial charge in [-0.3, -0.25) is 0 Å². The van der Waals surface area contributed by atoms with Gasteiger partial charge in [0.05, 0.1) is 16.0 Å². The Bertz CT molecular complexity index is 604. The number of thiophene rings is 1. The van der Waals surface area contributed by atoms with Crippen molar-refractivity contribution in [3.63, 3.8) is 0 Å². The van der Waals surface area contributed by atoms with Crippen LogP contribution in [0.25, 0.3) is 0 Å². The molecule has 2 nitrogen and oxygen atoms in total. The van der Waals surface area contributed by atoms with Gasteiger partial charge in [-0.25, -0.2) is 4.39 Å². The third kappa shape index (κ3) is 4.03. The maximum Gasteiger partial charge on any atom is 0.123 e. The first-order valence-corrected chi connectivity index (χ1v) is 7.02. The van der Waals surface area contributed by atoms with Crippen molar-refractivity contribution in [2.45, 2.75) is 13.0 Å². The predicted molar refractivity (Wildman–Crippen MR) is 75.9 cm³/mol. The number of halogens is 2. The smallest absolute Gasteiger partial charge is 0.123 e. The summed E-state index contributed by atoms with van der Waals surface area (Å²) in [5.41, 5.74) is 1.19. The zero-order valence-corrected chi connectivity index (χ0v) is 11.7. The summed E-state index contributed by atoms with van der Waals surface area (Å²) in [6.45, 7) is 1.25. The van der Waals surface area contributed by atoms with E-state index in [1.165, 1.54) is 23.1 Å². The van der Waals surface area contributed by atoms with Crippen LogP contribution in [0.15, 0.2) is 30.3 Å². The van der Waals surface area contributed by atoms with E-state index < -0.39 is 0 Å². The van der Waals surface area contributed by atoms with E-state index in [1.54, 1.807) is 11.3 Å². The summed E-state index contributed by atoms with van der Waals surface area (Å²) in [4.78, 5) is 1.21. The highest BCUT2D eigenvalue weighted by atomic mass is 35.5. The van der Waals surface area contributed by atoms with Crippen LogP contribution < -0.4 is 5.32 Å². The molecule has 0 spiro atoms.